The van der Waals surface area contributed by atoms with E-state index in [4.69, 9.17) is 0 Å². The van der Waals surface area contributed by atoms with Crippen molar-refractivity contribution in [3.8, 4) is 0 Å². The lowest BCUT2D eigenvalue weighted by Crippen LogP contribution is -1.90. The molecule has 1 nitrogen and oxygen atoms in total. The summed E-state index contributed by atoms with van der Waals surface area (Å²) in [6.07, 6.45) is 4.59. The van der Waals surface area contributed by atoms with Crippen LogP contribution in [0.1, 0.15) is 26.2 Å². The molecule has 0 rings (SSSR count). The van der Waals surface area contributed by atoms with E-state index in [-0.39, 0.29) is 0 Å². The predicted octanol–water partition coefficient (Wildman–Crippen LogP) is 2.62. The molecular weight excluding hydrogens is 144 g/mol. The third kappa shape index (κ3) is 5.89. The average Bonchev–Trinajstić information content (AvgIpc) is 1.97. The van der Waals surface area contributed by atoms with Crippen LogP contribution >= 0.6 is 11.8 Å². The molecule has 0 saturated carbocycles. The Morgan fingerprint density at radius 1 is 1.70 bits per heavy atom. The summed E-state index contributed by atoms with van der Waals surface area (Å²) < 4.78 is 0. The Hall–Kier alpha value is -0.240. The molecule has 0 radical (unpaired) electrons. The van der Waals surface area contributed by atoms with Gasteiger partial charge in [0.05, 0.1) is 0 Å². The standard InChI is InChI=1S/C8H14OS/c1-3-5-6-8(9)10-7-4-2/h4H,2-3,5-7H2,1H3. The second-order valence-corrected chi connectivity index (χ2v) is 3.15. The van der Waals surface area contributed by atoms with E-state index in [1.54, 1.807) is 6.08 Å². The van der Waals surface area contributed by atoms with Crippen LogP contribution in [0.4, 0.5) is 0 Å². The van der Waals surface area contributed by atoms with Gasteiger partial charge >= 0.3 is 0 Å². The predicted molar refractivity (Wildman–Crippen MR) is 47.2 cm³/mol. The molecule has 0 aliphatic heterocycles. The van der Waals surface area contributed by atoms with Crippen LogP contribution in [0.5, 0.6) is 0 Å². The Morgan fingerprint density at radius 3 is 2.90 bits per heavy atom. The lowest BCUT2D eigenvalue weighted by atomic mass is 10.3. The fraction of sp³-hybridized carbons (Fsp3) is 0.625. The van der Waals surface area contributed by atoms with E-state index < -0.39 is 0 Å². The molecule has 0 atom stereocenters. The largest absolute Gasteiger partial charge is 0.287 e. The van der Waals surface area contributed by atoms with Crippen molar-refractivity contribution < 1.29 is 4.79 Å². The lowest BCUT2D eigenvalue weighted by molar-refractivity contribution is -0.111. The van der Waals surface area contributed by atoms with Crippen LogP contribution in [0, 0.1) is 0 Å². The minimum absolute atomic E-state index is 0.293. The zero-order chi connectivity index (χ0) is 7.82. The molecule has 0 bridgehead atoms. The fourth-order valence-electron chi connectivity index (χ4n) is 0.545. The van der Waals surface area contributed by atoms with Gasteiger partial charge in [-0.05, 0) is 6.42 Å². The quantitative estimate of drug-likeness (QED) is 0.572. The summed E-state index contributed by atoms with van der Waals surface area (Å²) in [7, 11) is 0. The van der Waals surface area contributed by atoms with Crippen LogP contribution in [-0.2, 0) is 4.79 Å². The summed E-state index contributed by atoms with van der Waals surface area (Å²) in [5.41, 5.74) is 0. The normalized spacial score (nSPS) is 9.30. The minimum atomic E-state index is 0.293. The van der Waals surface area contributed by atoms with Gasteiger partial charge < -0.3 is 0 Å². The van der Waals surface area contributed by atoms with Gasteiger partial charge in [-0.2, -0.15) is 0 Å². The first kappa shape index (κ1) is 9.76. The van der Waals surface area contributed by atoms with E-state index in [0.717, 1.165) is 25.0 Å². The van der Waals surface area contributed by atoms with E-state index >= 15 is 0 Å². The molecule has 0 aromatic rings. The van der Waals surface area contributed by atoms with Gasteiger partial charge in [-0.15, -0.1) is 6.58 Å². The Morgan fingerprint density at radius 2 is 2.40 bits per heavy atom. The van der Waals surface area contributed by atoms with Crippen molar-refractivity contribution in [2.45, 2.75) is 26.2 Å². The number of rotatable bonds is 5. The summed E-state index contributed by atoms with van der Waals surface area (Å²) >= 11 is 1.36. The molecule has 0 unspecified atom stereocenters. The third-order valence-electron chi connectivity index (χ3n) is 1.10. The van der Waals surface area contributed by atoms with E-state index in [2.05, 4.69) is 13.5 Å². The highest BCUT2D eigenvalue weighted by Gasteiger charge is 1.98. The molecule has 0 aliphatic carbocycles. The number of hydrogen-bond donors (Lipinski definition) is 0. The van der Waals surface area contributed by atoms with Crippen LogP contribution in [0.25, 0.3) is 0 Å². The van der Waals surface area contributed by atoms with Crippen molar-refractivity contribution in [3.63, 3.8) is 0 Å². The van der Waals surface area contributed by atoms with E-state index in [0.29, 0.717) is 5.12 Å². The topological polar surface area (TPSA) is 17.1 Å². The van der Waals surface area contributed by atoms with Crippen LogP contribution in [0.2, 0.25) is 0 Å². The minimum Gasteiger partial charge on any atom is -0.287 e. The maximum Gasteiger partial charge on any atom is 0.189 e. The molecular formula is C8H14OS. The van der Waals surface area contributed by atoms with Crippen molar-refractivity contribution in [1.82, 2.24) is 0 Å². The summed E-state index contributed by atoms with van der Waals surface area (Å²) in [6.45, 7) is 5.63. The van der Waals surface area contributed by atoms with Crippen molar-refractivity contribution in [3.05, 3.63) is 12.7 Å². The Balaban J connectivity index is 3.16. The summed E-state index contributed by atoms with van der Waals surface area (Å²) in [6, 6.07) is 0. The van der Waals surface area contributed by atoms with Gasteiger partial charge in [0.1, 0.15) is 0 Å². The van der Waals surface area contributed by atoms with Gasteiger partial charge in [0.15, 0.2) is 5.12 Å². The SMILES string of the molecule is C=CCSC(=O)CCCC. The second kappa shape index (κ2) is 6.87. The first-order chi connectivity index (χ1) is 4.81. The molecule has 0 saturated heterocycles. The molecule has 0 amide bonds. The first-order valence-corrected chi connectivity index (χ1v) is 4.56. The highest BCUT2D eigenvalue weighted by atomic mass is 32.2. The van der Waals surface area contributed by atoms with Crippen LogP contribution < -0.4 is 0 Å². The zero-order valence-electron chi connectivity index (χ0n) is 6.43. The van der Waals surface area contributed by atoms with Crippen LogP contribution in [0.15, 0.2) is 12.7 Å². The summed E-state index contributed by atoms with van der Waals surface area (Å²) in [5.74, 6) is 0.753. The maximum absolute atomic E-state index is 10.9. The number of thioether (sulfide) groups is 1. The van der Waals surface area contributed by atoms with Gasteiger partial charge in [0.25, 0.3) is 0 Å². The average molecular weight is 158 g/mol. The molecule has 0 spiro atoms. The van der Waals surface area contributed by atoms with Crippen LogP contribution in [-0.4, -0.2) is 10.9 Å². The van der Waals surface area contributed by atoms with Gasteiger partial charge in [-0.3, -0.25) is 4.79 Å². The zero-order valence-corrected chi connectivity index (χ0v) is 7.25. The Bertz CT molecular complexity index is 110. The number of carbonyl (C=O) groups is 1. The van der Waals surface area contributed by atoms with E-state index in [1.165, 1.54) is 11.8 Å². The maximum atomic E-state index is 10.9. The summed E-state index contributed by atoms with van der Waals surface area (Å²) in [5, 5.41) is 0.293. The highest BCUT2D eigenvalue weighted by Crippen LogP contribution is 2.07. The smallest absolute Gasteiger partial charge is 0.189 e. The van der Waals surface area contributed by atoms with Crippen molar-refractivity contribution >= 4 is 16.9 Å². The van der Waals surface area contributed by atoms with Gasteiger partial charge in [0.2, 0.25) is 0 Å². The Kier molecular flexibility index (Phi) is 6.71. The third-order valence-corrected chi connectivity index (χ3v) is 2.03. The van der Waals surface area contributed by atoms with E-state index in [1.807, 2.05) is 0 Å². The molecule has 0 heterocycles. The van der Waals surface area contributed by atoms with E-state index in [9.17, 15) is 4.79 Å². The molecule has 2 heteroatoms. The van der Waals surface area contributed by atoms with Crippen LogP contribution in [0.3, 0.4) is 0 Å². The second-order valence-electron chi connectivity index (χ2n) is 2.08. The molecule has 0 N–H and O–H groups in total. The first-order valence-electron chi connectivity index (χ1n) is 3.57. The fourth-order valence-corrected chi connectivity index (χ4v) is 1.14. The van der Waals surface area contributed by atoms with Gasteiger partial charge in [0, 0.05) is 12.2 Å². The number of carbonyl (C=O) groups excluding carboxylic acids is 1. The van der Waals surface area contributed by atoms with Gasteiger partial charge in [-0.1, -0.05) is 31.2 Å². The monoisotopic (exact) mass is 158 g/mol. The van der Waals surface area contributed by atoms with Gasteiger partial charge in [-0.25, -0.2) is 0 Å². The molecule has 0 fully saturated rings. The van der Waals surface area contributed by atoms with Crippen molar-refractivity contribution in [2.75, 3.05) is 5.75 Å². The molecule has 58 valence electrons. The molecule has 0 aliphatic rings. The van der Waals surface area contributed by atoms with Crippen molar-refractivity contribution in [2.24, 2.45) is 0 Å². The van der Waals surface area contributed by atoms with Crippen molar-refractivity contribution in [1.29, 1.82) is 0 Å². The molecule has 0 aromatic heterocycles. The Labute approximate surface area is 66.9 Å². The summed E-state index contributed by atoms with van der Waals surface area (Å²) in [4.78, 5) is 10.9. The highest BCUT2D eigenvalue weighted by molar-refractivity contribution is 8.13. The molecule has 10 heavy (non-hydrogen) atoms. The molecule has 0 aromatic carbocycles. The number of hydrogen-bond acceptors (Lipinski definition) is 2. The number of unbranched alkanes of at least 4 members (excludes halogenated alkanes) is 1. The lowest BCUT2D eigenvalue weighted by Gasteiger charge is -1.94.